The number of benzene rings is 1. The summed E-state index contributed by atoms with van der Waals surface area (Å²) in [4.78, 5) is 30.6. The number of hydrogen-bond acceptors (Lipinski definition) is 5. The fourth-order valence-corrected chi connectivity index (χ4v) is 4.49. The first-order valence-electron chi connectivity index (χ1n) is 11.5. The maximum Gasteiger partial charge on any atom is 0.246 e. The predicted molar refractivity (Wildman–Crippen MR) is 130 cm³/mol. The Morgan fingerprint density at radius 3 is 2.73 bits per heavy atom. The number of carbonyl (C=O) groups is 2. The standard InChI is InChI=1S/C24H33Cl2N3O4/c1-17-6-9-27(16-22(17)31)15-19(30)7-10-28-12-13-29(11-8-24(28)33)23(32)5-3-18-2-4-20(25)21(26)14-18/h2-5,14,17,19,22,30-31H,6-13,15-16H2,1H3/b5-3+/t17-,19?,22-/m0/s1. The summed E-state index contributed by atoms with van der Waals surface area (Å²) in [7, 11) is 0. The Morgan fingerprint density at radius 1 is 1.21 bits per heavy atom. The van der Waals surface area contributed by atoms with Crippen LogP contribution in [0, 0.1) is 5.92 Å². The van der Waals surface area contributed by atoms with E-state index >= 15 is 0 Å². The number of halogens is 2. The predicted octanol–water partition coefficient (Wildman–Crippen LogP) is 2.52. The van der Waals surface area contributed by atoms with Gasteiger partial charge in [-0.05, 0) is 49.1 Å². The molecule has 0 radical (unpaired) electrons. The van der Waals surface area contributed by atoms with Crippen LogP contribution in [0.15, 0.2) is 24.3 Å². The van der Waals surface area contributed by atoms with E-state index < -0.39 is 6.10 Å². The first-order chi connectivity index (χ1) is 15.7. The SMILES string of the molecule is C[C@H]1CCN(CC(O)CCN2CCN(C(=O)/C=C/c3ccc(Cl)c(Cl)c3)CCC2=O)C[C@@H]1O. The molecule has 0 bridgehead atoms. The quantitative estimate of drug-likeness (QED) is 0.565. The first kappa shape index (κ1) is 26.0. The number of β-amino-alcohol motifs (C(OH)–C–C–N with tert-alkyl or cyclic N) is 2. The maximum absolute atomic E-state index is 12.6. The highest BCUT2D eigenvalue weighted by Gasteiger charge is 2.27. The van der Waals surface area contributed by atoms with Crippen LogP contribution in [0.1, 0.15) is 31.7 Å². The third kappa shape index (κ3) is 7.69. The second-order valence-corrected chi connectivity index (χ2v) is 9.81. The lowest BCUT2D eigenvalue weighted by Gasteiger charge is -2.35. The molecule has 2 amide bonds. The lowest BCUT2D eigenvalue weighted by molar-refractivity contribution is -0.130. The van der Waals surface area contributed by atoms with Crippen molar-refractivity contribution in [2.45, 2.75) is 38.4 Å². The van der Waals surface area contributed by atoms with Crippen LogP contribution in [0.25, 0.3) is 6.08 Å². The molecule has 0 saturated carbocycles. The number of nitrogens with zero attached hydrogens (tertiary/aromatic N) is 3. The van der Waals surface area contributed by atoms with E-state index in [-0.39, 0.29) is 30.3 Å². The van der Waals surface area contributed by atoms with E-state index in [0.29, 0.717) is 55.7 Å². The summed E-state index contributed by atoms with van der Waals surface area (Å²) in [6.07, 6.45) is 3.90. The average Bonchev–Trinajstić information content (AvgIpc) is 2.97. The molecule has 0 aromatic heterocycles. The van der Waals surface area contributed by atoms with E-state index in [9.17, 15) is 19.8 Å². The Balaban J connectivity index is 1.45. The highest BCUT2D eigenvalue weighted by molar-refractivity contribution is 6.42. The van der Waals surface area contributed by atoms with Crippen LogP contribution in [0.3, 0.4) is 0 Å². The number of aliphatic hydroxyl groups is 2. The van der Waals surface area contributed by atoms with Crippen molar-refractivity contribution in [1.29, 1.82) is 0 Å². The fourth-order valence-electron chi connectivity index (χ4n) is 4.19. The number of aliphatic hydroxyl groups excluding tert-OH is 2. The largest absolute Gasteiger partial charge is 0.392 e. The molecule has 2 aliphatic heterocycles. The van der Waals surface area contributed by atoms with Gasteiger partial charge >= 0.3 is 0 Å². The van der Waals surface area contributed by atoms with Crippen molar-refractivity contribution >= 4 is 41.1 Å². The molecule has 0 aliphatic carbocycles. The van der Waals surface area contributed by atoms with Gasteiger partial charge in [0.1, 0.15) is 0 Å². The highest BCUT2D eigenvalue weighted by Crippen LogP contribution is 2.23. The molecule has 2 saturated heterocycles. The zero-order chi connectivity index (χ0) is 24.0. The van der Waals surface area contributed by atoms with Gasteiger partial charge in [-0.1, -0.05) is 36.2 Å². The van der Waals surface area contributed by atoms with Crippen molar-refractivity contribution in [2.24, 2.45) is 5.92 Å². The summed E-state index contributed by atoms with van der Waals surface area (Å²) >= 11 is 11.9. The molecule has 7 nitrogen and oxygen atoms in total. The molecule has 3 atom stereocenters. The second-order valence-electron chi connectivity index (χ2n) is 9.00. The summed E-state index contributed by atoms with van der Waals surface area (Å²) in [5, 5.41) is 21.4. The lowest BCUT2D eigenvalue weighted by atomic mass is 9.96. The van der Waals surface area contributed by atoms with Crippen molar-refractivity contribution in [3.8, 4) is 0 Å². The summed E-state index contributed by atoms with van der Waals surface area (Å²) in [5.41, 5.74) is 0.773. The topological polar surface area (TPSA) is 84.3 Å². The minimum Gasteiger partial charge on any atom is -0.392 e. The molecule has 33 heavy (non-hydrogen) atoms. The van der Waals surface area contributed by atoms with Crippen molar-refractivity contribution in [3.63, 3.8) is 0 Å². The van der Waals surface area contributed by atoms with Gasteiger partial charge in [-0.25, -0.2) is 0 Å². The smallest absolute Gasteiger partial charge is 0.246 e. The van der Waals surface area contributed by atoms with Gasteiger partial charge in [0.2, 0.25) is 11.8 Å². The number of hydrogen-bond donors (Lipinski definition) is 2. The van der Waals surface area contributed by atoms with Gasteiger partial charge in [-0.15, -0.1) is 0 Å². The zero-order valence-electron chi connectivity index (χ0n) is 19.0. The number of rotatable bonds is 7. The number of likely N-dealkylation sites (tertiary alicyclic amines) is 1. The Kier molecular flexibility index (Phi) is 9.58. The highest BCUT2D eigenvalue weighted by atomic mass is 35.5. The molecule has 2 fully saturated rings. The maximum atomic E-state index is 12.6. The molecule has 0 spiro atoms. The number of piperidine rings is 1. The summed E-state index contributed by atoms with van der Waals surface area (Å²) < 4.78 is 0. The Hall–Kier alpha value is -1.64. The van der Waals surface area contributed by atoms with Crippen molar-refractivity contribution in [2.75, 3.05) is 45.8 Å². The number of amides is 2. The van der Waals surface area contributed by atoms with Gasteiger partial charge in [0.05, 0.1) is 22.3 Å². The van der Waals surface area contributed by atoms with Crippen molar-refractivity contribution < 1.29 is 19.8 Å². The molecule has 182 valence electrons. The van der Waals surface area contributed by atoms with Gasteiger partial charge in [-0.2, -0.15) is 0 Å². The third-order valence-electron chi connectivity index (χ3n) is 6.47. The molecular weight excluding hydrogens is 465 g/mol. The van der Waals surface area contributed by atoms with E-state index in [1.165, 1.54) is 6.08 Å². The van der Waals surface area contributed by atoms with Gasteiger partial charge < -0.3 is 20.0 Å². The second kappa shape index (κ2) is 12.2. The van der Waals surface area contributed by atoms with Gasteiger partial charge in [-0.3, -0.25) is 14.5 Å². The van der Waals surface area contributed by atoms with Crippen LogP contribution in [0.5, 0.6) is 0 Å². The monoisotopic (exact) mass is 497 g/mol. The van der Waals surface area contributed by atoms with Gasteiger partial charge in [0.25, 0.3) is 0 Å². The first-order valence-corrected chi connectivity index (χ1v) is 12.3. The van der Waals surface area contributed by atoms with Crippen LogP contribution >= 0.6 is 23.2 Å². The Morgan fingerprint density at radius 2 is 2.00 bits per heavy atom. The van der Waals surface area contributed by atoms with Gasteiger partial charge in [0, 0.05) is 51.8 Å². The summed E-state index contributed by atoms with van der Waals surface area (Å²) in [5.74, 6) is 0.124. The van der Waals surface area contributed by atoms with Crippen LogP contribution in [0.4, 0.5) is 0 Å². The fraction of sp³-hybridized carbons (Fsp3) is 0.583. The molecule has 1 aromatic carbocycles. The van der Waals surface area contributed by atoms with Crippen LogP contribution in [-0.4, -0.2) is 94.7 Å². The molecule has 2 N–H and O–H groups in total. The van der Waals surface area contributed by atoms with Gasteiger partial charge in [0.15, 0.2) is 0 Å². The number of carbonyl (C=O) groups excluding carboxylic acids is 2. The van der Waals surface area contributed by atoms with Crippen molar-refractivity contribution in [1.82, 2.24) is 14.7 Å². The lowest BCUT2D eigenvalue weighted by Crippen LogP contribution is -2.46. The minimum absolute atomic E-state index is 0.00631. The van der Waals surface area contributed by atoms with E-state index in [2.05, 4.69) is 4.90 Å². The molecular formula is C24H33Cl2N3O4. The van der Waals surface area contributed by atoms with E-state index in [0.717, 1.165) is 18.5 Å². The molecule has 2 heterocycles. The molecule has 3 rings (SSSR count). The van der Waals surface area contributed by atoms with Crippen LogP contribution < -0.4 is 0 Å². The Labute approximate surface area is 205 Å². The molecule has 2 aliphatic rings. The van der Waals surface area contributed by atoms with Crippen LogP contribution in [0.2, 0.25) is 10.0 Å². The summed E-state index contributed by atoms with van der Waals surface area (Å²) in [6.45, 7) is 5.69. The van der Waals surface area contributed by atoms with E-state index in [1.807, 2.05) is 6.92 Å². The van der Waals surface area contributed by atoms with E-state index in [4.69, 9.17) is 23.2 Å². The Bertz CT molecular complexity index is 866. The normalized spacial score (nSPS) is 23.7. The average molecular weight is 498 g/mol. The van der Waals surface area contributed by atoms with E-state index in [1.54, 1.807) is 34.1 Å². The van der Waals surface area contributed by atoms with Crippen molar-refractivity contribution in [3.05, 3.63) is 39.9 Å². The third-order valence-corrected chi connectivity index (χ3v) is 7.20. The summed E-state index contributed by atoms with van der Waals surface area (Å²) in [6, 6.07) is 5.15. The minimum atomic E-state index is -0.562. The zero-order valence-corrected chi connectivity index (χ0v) is 20.5. The molecule has 9 heteroatoms. The van der Waals surface area contributed by atoms with Crippen LogP contribution in [-0.2, 0) is 9.59 Å². The molecule has 1 unspecified atom stereocenters. The molecule has 1 aromatic rings.